The van der Waals surface area contributed by atoms with Crippen LogP contribution in [0.15, 0.2) is 5.16 Å². The smallest absolute Gasteiger partial charge is 0.139 e. The molecule has 0 bridgehead atoms. The van der Waals surface area contributed by atoms with Crippen LogP contribution < -0.4 is 11.1 Å². The van der Waals surface area contributed by atoms with Gasteiger partial charge < -0.3 is 16.3 Å². The van der Waals surface area contributed by atoms with Crippen molar-refractivity contribution in [2.24, 2.45) is 16.8 Å². The molecule has 0 fully saturated rings. The number of unbranched alkanes of at least 4 members (excludes halogenated alkanes) is 1. The van der Waals surface area contributed by atoms with Gasteiger partial charge in [-0.05, 0) is 44.7 Å². The minimum Gasteiger partial charge on any atom is -0.409 e. The number of nitrogens with two attached hydrogens (primary N) is 1. The van der Waals surface area contributed by atoms with E-state index in [1.807, 2.05) is 0 Å². The predicted octanol–water partition coefficient (Wildman–Crippen LogP) is 1.93. The number of hydrogen-bond donors (Lipinski definition) is 3. The average molecular weight is 215 g/mol. The number of rotatable bonds is 9. The summed E-state index contributed by atoms with van der Waals surface area (Å²) < 4.78 is 0. The first-order chi connectivity index (χ1) is 7.16. The molecule has 0 atom stereocenters. The molecular formula is C11H25N3O. The highest BCUT2D eigenvalue weighted by molar-refractivity contribution is 5.79. The Labute approximate surface area is 92.9 Å². The first-order valence-corrected chi connectivity index (χ1v) is 5.84. The van der Waals surface area contributed by atoms with Crippen LogP contribution in [0.2, 0.25) is 0 Å². The summed E-state index contributed by atoms with van der Waals surface area (Å²) in [6.45, 7) is 6.62. The lowest BCUT2D eigenvalue weighted by molar-refractivity contribution is 0.316. The first-order valence-electron chi connectivity index (χ1n) is 5.84. The van der Waals surface area contributed by atoms with E-state index in [4.69, 9.17) is 10.9 Å². The molecule has 4 N–H and O–H groups in total. The largest absolute Gasteiger partial charge is 0.409 e. The van der Waals surface area contributed by atoms with Gasteiger partial charge in [-0.25, -0.2) is 0 Å². The zero-order valence-electron chi connectivity index (χ0n) is 10.00. The molecule has 90 valence electrons. The third kappa shape index (κ3) is 11.2. The second kappa shape index (κ2) is 9.77. The van der Waals surface area contributed by atoms with Crippen LogP contribution in [-0.4, -0.2) is 24.1 Å². The van der Waals surface area contributed by atoms with E-state index in [2.05, 4.69) is 24.3 Å². The number of oxime groups is 1. The molecule has 0 aliphatic rings. The zero-order chi connectivity index (χ0) is 11.5. The molecule has 0 aromatic heterocycles. The van der Waals surface area contributed by atoms with Crippen molar-refractivity contribution < 1.29 is 5.21 Å². The molecule has 0 aromatic rings. The minimum atomic E-state index is 0.329. The van der Waals surface area contributed by atoms with E-state index in [9.17, 15) is 0 Å². The highest BCUT2D eigenvalue weighted by atomic mass is 16.4. The van der Waals surface area contributed by atoms with Gasteiger partial charge in [-0.3, -0.25) is 0 Å². The predicted molar refractivity (Wildman–Crippen MR) is 64.2 cm³/mol. The van der Waals surface area contributed by atoms with Gasteiger partial charge in [0, 0.05) is 6.42 Å². The van der Waals surface area contributed by atoms with Gasteiger partial charge in [0.05, 0.1) is 0 Å². The molecule has 0 spiro atoms. The molecule has 0 aliphatic carbocycles. The maximum absolute atomic E-state index is 8.31. The van der Waals surface area contributed by atoms with Crippen molar-refractivity contribution in [3.05, 3.63) is 0 Å². The fourth-order valence-electron chi connectivity index (χ4n) is 1.37. The molecule has 0 aliphatic heterocycles. The normalized spacial score (nSPS) is 12.3. The molecule has 15 heavy (non-hydrogen) atoms. The molecule has 0 unspecified atom stereocenters. The van der Waals surface area contributed by atoms with E-state index in [-0.39, 0.29) is 0 Å². The standard InChI is InChI=1S/C11H25N3O/c1-10(2)6-5-9-13-8-4-3-7-11(12)14-15/h10,13,15H,3-9H2,1-2H3,(H2,12,14). The van der Waals surface area contributed by atoms with Crippen molar-refractivity contribution in [3.8, 4) is 0 Å². The van der Waals surface area contributed by atoms with Gasteiger partial charge in [0.15, 0.2) is 0 Å². The van der Waals surface area contributed by atoms with Crippen LogP contribution in [0.25, 0.3) is 0 Å². The van der Waals surface area contributed by atoms with E-state index in [0.29, 0.717) is 12.3 Å². The van der Waals surface area contributed by atoms with Gasteiger partial charge >= 0.3 is 0 Å². The summed E-state index contributed by atoms with van der Waals surface area (Å²) in [5.74, 6) is 1.13. The molecule has 0 amide bonds. The lowest BCUT2D eigenvalue weighted by Crippen LogP contribution is -2.18. The Morgan fingerprint density at radius 3 is 2.53 bits per heavy atom. The Hall–Kier alpha value is -0.770. The molecule has 0 saturated heterocycles. The number of hydrogen-bond acceptors (Lipinski definition) is 3. The van der Waals surface area contributed by atoms with E-state index in [1.54, 1.807) is 0 Å². The highest BCUT2D eigenvalue weighted by Crippen LogP contribution is 2.01. The Kier molecular flexibility index (Phi) is 9.27. The van der Waals surface area contributed by atoms with Crippen molar-refractivity contribution in [1.29, 1.82) is 0 Å². The van der Waals surface area contributed by atoms with Crippen molar-refractivity contribution >= 4 is 5.84 Å². The summed E-state index contributed by atoms with van der Waals surface area (Å²) in [5, 5.41) is 14.6. The van der Waals surface area contributed by atoms with Crippen LogP contribution in [0.5, 0.6) is 0 Å². The van der Waals surface area contributed by atoms with Crippen molar-refractivity contribution in [2.75, 3.05) is 13.1 Å². The second-order valence-corrected chi connectivity index (χ2v) is 4.33. The maximum atomic E-state index is 8.31. The summed E-state index contributed by atoms with van der Waals surface area (Å²) >= 11 is 0. The van der Waals surface area contributed by atoms with Crippen molar-refractivity contribution in [2.45, 2.75) is 46.0 Å². The number of nitrogens with one attached hydrogen (secondary N) is 1. The summed E-state index contributed by atoms with van der Waals surface area (Å²) in [7, 11) is 0. The molecule has 0 saturated carbocycles. The molecule has 0 heterocycles. The van der Waals surface area contributed by atoms with Crippen LogP contribution >= 0.6 is 0 Å². The van der Waals surface area contributed by atoms with Crippen molar-refractivity contribution in [3.63, 3.8) is 0 Å². The molecule has 0 rings (SSSR count). The van der Waals surface area contributed by atoms with Crippen LogP contribution in [-0.2, 0) is 0 Å². The third-order valence-electron chi connectivity index (χ3n) is 2.30. The fraction of sp³-hybridized carbons (Fsp3) is 0.909. The minimum absolute atomic E-state index is 0.329. The highest BCUT2D eigenvalue weighted by Gasteiger charge is 1.95. The van der Waals surface area contributed by atoms with Crippen LogP contribution in [0.3, 0.4) is 0 Å². The number of nitrogens with zero attached hydrogens (tertiary/aromatic N) is 1. The Balaban J connectivity index is 3.05. The van der Waals surface area contributed by atoms with Gasteiger partial charge in [-0.2, -0.15) is 0 Å². The quantitative estimate of drug-likeness (QED) is 0.181. The molecule has 0 radical (unpaired) electrons. The topological polar surface area (TPSA) is 70.6 Å². The van der Waals surface area contributed by atoms with Gasteiger partial charge in [-0.15, -0.1) is 0 Å². The lowest BCUT2D eigenvalue weighted by Gasteiger charge is -2.06. The third-order valence-corrected chi connectivity index (χ3v) is 2.30. The zero-order valence-corrected chi connectivity index (χ0v) is 10.00. The Bertz CT molecular complexity index is 169. The molecule has 4 nitrogen and oxygen atoms in total. The summed E-state index contributed by atoms with van der Waals surface area (Å²) in [6.07, 6.45) is 5.28. The average Bonchev–Trinajstić information content (AvgIpc) is 2.21. The summed E-state index contributed by atoms with van der Waals surface area (Å²) in [6, 6.07) is 0. The lowest BCUT2D eigenvalue weighted by atomic mass is 10.1. The SMILES string of the molecule is CC(C)CCCNCCCCC(N)=NO. The summed E-state index contributed by atoms with van der Waals surface area (Å²) in [5.41, 5.74) is 5.35. The van der Waals surface area contributed by atoms with Gasteiger partial charge in [0.25, 0.3) is 0 Å². The molecular weight excluding hydrogens is 190 g/mol. The second-order valence-electron chi connectivity index (χ2n) is 4.33. The van der Waals surface area contributed by atoms with Gasteiger partial charge in [0.1, 0.15) is 5.84 Å². The number of amidine groups is 1. The Morgan fingerprint density at radius 1 is 1.27 bits per heavy atom. The Morgan fingerprint density at radius 2 is 1.93 bits per heavy atom. The van der Waals surface area contributed by atoms with Crippen LogP contribution in [0.4, 0.5) is 0 Å². The van der Waals surface area contributed by atoms with E-state index < -0.39 is 0 Å². The molecule has 0 aromatic carbocycles. The van der Waals surface area contributed by atoms with E-state index >= 15 is 0 Å². The fourth-order valence-corrected chi connectivity index (χ4v) is 1.37. The maximum Gasteiger partial charge on any atom is 0.139 e. The van der Waals surface area contributed by atoms with Crippen LogP contribution in [0.1, 0.15) is 46.0 Å². The molecule has 4 heteroatoms. The van der Waals surface area contributed by atoms with E-state index in [1.165, 1.54) is 12.8 Å². The first kappa shape index (κ1) is 14.2. The van der Waals surface area contributed by atoms with E-state index in [0.717, 1.165) is 31.8 Å². The summed E-state index contributed by atoms with van der Waals surface area (Å²) in [4.78, 5) is 0. The van der Waals surface area contributed by atoms with Crippen LogP contribution in [0, 0.1) is 5.92 Å². The monoisotopic (exact) mass is 215 g/mol. The van der Waals surface area contributed by atoms with Gasteiger partial charge in [0.2, 0.25) is 0 Å². The van der Waals surface area contributed by atoms with Crippen molar-refractivity contribution in [1.82, 2.24) is 5.32 Å². The van der Waals surface area contributed by atoms with Gasteiger partial charge in [-0.1, -0.05) is 19.0 Å².